The number of hydrogen-bond acceptors (Lipinski definition) is 6. The van der Waals surface area contributed by atoms with E-state index in [9.17, 15) is 32.5 Å². The van der Waals surface area contributed by atoms with Gasteiger partial charge in [0.15, 0.2) is 23.1 Å². The van der Waals surface area contributed by atoms with Gasteiger partial charge < -0.3 is 14.5 Å². The summed E-state index contributed by atoms with van der Waals surface area (Å²) < 4.78 is 63.5. The Morgan fingerprint density at radius 2 is 1.81 bits per heavy atom. The highest BCUT2D eigenvalue weighted by Gasteiger charge is 2.22. The minimum Gasteiger partial charge on any atom is -0.479 e. The highest BCUT2D eigenvalue weighted by molar-refractivity contribution is 6.03. The van der Waals surface area contributed by atoms with E-state index in [1.165, 1.54) is 12.1 Å². The molecule has 1 aromatic heterocycles. The lowest BCUT2D eigenvalue weighted by molar-refractivity contribution is -0.384. The van der Waals surface area contributed by atoms with Crippen LogP contribution in [0.5, 0.6) is 5.75 Å². The number of nitro benzene ring substituents is 1. The maximum absolute atomic E-state index is 13.6. The lowest BCUT2D eigenvalue weighted by Gasteiger charge is -2.08. The van der Waals surface area contributed by atoms with Gasteiger partial charge in [0.25, 0.3) is 11.6 Å². The topological polar surface area (TPSA) is 118 Å². The van der Waals surface area contributed by atoms with Crippen LogP contribution in [0.15, 0.2) is 40.8 Å². The monoisotopic (exact) mass is 435 g/mol. The molecule has 12 heteroatoms. The number of rotatable bonds is 6. The van der Waals surface area contributed by atoms with Gasteiger partial charge >= 0.3 is 0 Å². The van der Waals surface area contributed by atoms with Crippen molar-refractivity contribution in [1.82, 2.24) is 0 Å². The SMILES string of the molecule is N#Cc1cc([N+](=O)[O-])ccc1NC(=O)c1ccc(COc2c(F)c(F)cc(F)c2F)o1. The second-order valence-corrected chi connectivity index (χ2v) is 5.90. The Morgan fingerprint density at radius 1 is 1.13 bits per heavy atom. The lowest BCUT2D eigenvalue weighted by atomic mass is 10.1. The molecular weight excluding hydrogens is 426 g/mol. The number of halogens is 4. The van der Waals surface area contributed by atoms with E-state index in [2.05, 4.69) is 5.32 Å². The Labute approximate surface area is 170 Å². The van der Waals surface area contributed by atoms with Crippen LogP contribution in [-0.4, -0.2) is 10.8 Å². The number of nitrogens with one attached hydrogen (secondary N) is 1. The number of carbonyl (C=O) groups is 1. The Balaban J connectivity index is 1.73. The Bertz CT molecular complexity index is 1210. The molecule has 0 saturated heterocycles. The summed E-state index contributed by atoms with van der Waals surface area (Å²) in [4.78, 5) is 22.3. The molecule has 158 valence electrons. The zero-order chi connectivity index (χ0) is 22.7. The number of amides is 1. The molecule has 2 aromatic carbocycles. The minimum atomic E-state index is -1.73. The molecule has 0 aliphatic carbocycles. The van der Waals surface area contributed by atoms with Crippen LogP contribution in [0.25, 0.3) is 0 Å². The maximum atomic E-state index is 13.6. The molecule has 3 rings (SSSR count). The van der Waals surface area contributed by atoms with Crippen molar-refractivity contribution in [1.29, 1.82) is 5.26 Å². The molecule has 1 heterocycles. The molecule has 1 amide bonds. The van der Waals surface area contributed by atoms with Gasteiger partial charge in [0.2, 0.25) is 11.6 Å². The van der Waals surface area contributed by atoms with Gasteiger partial charge in [-0.1, -0.05) is 0 Å². The van der Waals surface area contributed by atoms with Crippen LogP contribution in [0.3, 0.4) is 0 Å². The molecule has 0 unspecified atom stereocenters. The summed E-state index contributed by atoms with van der Waals surface area (Å²) >= 11 is 0. The Hall–Kier alpha value is -4.40. The summed E-state index contributed by atoms with van der Waals surface area (Å²) in [5.74, 6) is -9.30. The van der Waals surface area contributed by atoms with E-state index in [0.717, 1.165) is 18.2 Å². The van der Waals surface area contributed by atoms with E-state index in [4.69, 9.17) is 14.4 Å². The van der Waals surface area contributed by atoms with Crippen molar-refractivity contribution < 1.29 is 36.4 Å². The number of carbonyl (C=O) groups excluding carboxylic acids is 1. The quantitative estimate of drug-likeness (QED) is 0.265. The largest absolute Gasteiger partial charge is 0.479 e. The lowest BCUT2D eigenvalue weighted by Crippen LogP contribution is -2.12. The molecule has 0 aliphatic rings. The molecule has 0 saturated carbocycles. The standard InChI is InChI=1S/C19H9F4N3O5/c20-12-6-13(21)17(23)18(16(12)22)30-8-11-2-4-15(31-11)19(27)25-14-3-1-10(26(28)29)5-9(14)7-24/h1-6H,8H2,(H,25,27). The fraction of sp³-hybridized carbons (Fsp3) is 0.0526. The zero-order valence-electron chi connectivity index (χ0n) is 15.1. The maximum Gasteiger partial charge on any atom is 0.291 e. The molecular formula is C19H9F4N3O5. The number of nitriles is 1. The number of nitro groups is 1. The first-order valence-electron chi connectivity index (χ1n) is 8.25. The Kier molecular flexibility index (Phi) is 5.87. The average Bonchev–Trinajstić information content (AvgIpc) is 3.21. The van der Waals surface area contributed by atoms with Crippen LogP contribution < -0.4 is 10.1 Å². The summed E-state index contributed by atoms with van der Waals surface area (Å²) in [5, 5.41) is 22.2. The number of ether oxygens (including phenoxy) is 1. The van der Waals surface area contributed by atoms with Crippen molar-refractivity contribution >= 4 is 17.3 Å². The minimum absolute atomic E-state index is 0.0216. The van der Waals surface area contributed by atoms with E-state index >= 15 is 0 Å². The highest BCUT2D eigenvalue weighted by atomic mass is 19.2. The summed E-state index contributed by atoms with van der Waals surface area (Å²) in [7, 11) is 0. The highest BCUT2D eigenvalue weighted by Crippen LogP contribution is 2.27. The van der Waals surface area contributed by atoms with Gasteiger partial charge in [-0.25, -0.2) is 8.78 Å². The number of anilines is 1. The molecule has 0 spiro atoms. The number of non-ortho nitro benzene ring substituents is 1. The molecule has 0 atom stereocenters. The normalized spacial score (nSPS) is 10.4. The summed E-state index contributed by atoms with van der Waals surface area (Å²) in [6.45, 7) is -0.662. The predicted molar refractivity (Wildman–Crippen MR) is 95.1 cm³/mol. The van der Waals surface area contributed by atoms with Gasteiger partial charge in [-0.3, -0.25) is 14.9 Å². The van der Waals surface area contributed by atoms with Crippen molar-refractivity contribution in [3.05, 3.63) is 86.9 Å². The molecule has 8 nitrogen and oxygen atoms in total. The average molecular weight is 435 g/mol. The van der Waals surface area contributed by atoms with Crippen LogP contribution >= 0.6 is 0 Å². The summed E-state index contributed by atoms with van der Waals surface area (Å²) in [6.07, 6.45) is 0. The molecule has 0 radical (unpaired) electrons. The van der Waals surface area contributed by atoms with Gasteiger partial charge in [-0.15, -0.1) is 0 Å². The third-order valence-corrected chi connectivity index (χ3v) is 3.90. The zero-order valence-corrected chi connectivity index (χ0v) is 15.1. The van der Waals surface area contributed by atoms with E-state index in [0.29, 0.717) is 0 Å². The molecule has 0 fully saturated rings. The van der Waals surface area contributed by atoms with Crippen molar-refractivity contribution in [2.75, 3.05) is 5.32 Å². The first-order valence-corrected chi connectivity index (χ1v) is 8.25. The third kappa shape index (κ3) is 4.45. The molecule has 0 aliphatic heterocycles. The second-order valence-electron chi connectivity index (χ2n) is 5.90. The second kappa shape index (κ2) is 8.54. The molecule has 1 N–H and O–H groups in total. The van der Waals surface area contributed by atoms with Crippen LogP contribution in [0.2, 0.25) is 0 Å². The molecule has 0 bridgehead atoms. The van der Waals surface area contributed by atoms with Gasteiger partial charge in [0.05, 0.1) is 16.2 Å². The van der Waals surface area contributed by atoms with E-state index < -0.39 is 46.5 Å². The van der Waals surface area contributed by atoms with E-state index in [-0.39, 0.29) is 34.5 Å². The van der Waals surface area contributed by atoms with Gasteiger partial charge in [-0.2, -0.15) is 14.0 Å². The van der Waals surface area contributed by atoms with Crippen LogP contribution in [0.4, 0.5) is 28.9 Å². The van der Waals surface area contributed by atoms with Gasteiger partial charge in [0, 0.05) is 18.2 Å². The van der Waals surface area contributed by atoms with Crippen LogP contribution in [-0.2, 0) is 6.61 Å². The first-order chi connectivity index (χ1) is 14.7. The van der Waals surface area contributed by atoms with Crippen LogP contribution in [0.1, 0.15) is 21.9 Å². The van der Waals surface area contributed by atoms with Crippen molar-refractivity contribution in [2.24, 2.45) is 0 Å². The van der Waals surface area contributed by atoms with Crippen LogP contribution in [0, 0.1) is 44.7 Å². The Morgan fingerprint density at radius 3 is 2.42 bits per heavy atom. The number of hydrogen-bond donors (Lipinski definition) is 1. The van der Waals surface area contributed by atoms with Crippen molar-refractivity contribution in [3.8, 4) is 11.8 Å². The predicted octanol–water partition coefficient (Wildman–Crippen LogP) is 4.45. The van der Waals surface area contributed by atoms with Crippen molar-refractivity contribution in [3.63, 3.8) is 0 Å². The molecule has 31 heavy (non-hydrogen) atoms. The number of benzene rings is 2. The van der Waals surface area contributed by atoms with Crippen molar-refractivity contribution in [2.45, 2.75) is 6.61 Å². The molecule has 3 aromatic rings. The summed E-state index contributed by atoms with van der Waals surface area (Å²) in [6, 6.07) is 7.33. The van der Waals surface area contributed by atoms with Gasteiger partial charge in [-0.05, 0) is 18.2 Å². The summed E-state index contributed by atoms with van der Waals surface area (Å²) in [5.41, 5.74) is -0.538. The van der Waals surface area contributed by atoms with E-state index in [1.807, 2.05) is 0 Å². The van der Waals surface area contributed by atoms with E-state index in [1.54, 1.807) is 6.07 Å². The fourth-order valence-corrected chi connectivity index (χ4v) is 2.43. The fourth-order valence-electron chi connectivity index (χ4n) is 2.43. The smallest absolute Gasteiger partial charge is 0.291 e. The third-order valence-electron chi connectivity index (χ3n) is 3.90. The number of furan rings is 1. The van der Waals surface area contributed by atoms with Gasteiger partial charge in [0.1, 0.15) is 18.4 Å². The first kappa shape index (κ1) is 21.3. The number of nitrogens with zero attached hydrogens (tertiary/aromatic N) is 2.